The molecule has 0 saturated heterocycles. The molecule has 0 radical (unpaired) electrons. The summed E-state index contributed by atoms with van der Waals surface area (Å²) in [5, 5.41) is 6.29. The summed E-state index contributed by atoms with van der Waals surface area (Å²) in [7, 11) is 0. The SMILES string of the molecule is CC1(C)c2ccccc2-c2c(Nc3ccc(-c4cccc(-n5c6ccccc6c6ccccc65)c4)cc3)cccc21. The number of hydrogen-bond donors (Lipinski definition) is 1. The Morgan fingerprint density at radius 1 is 0.537 bits per heavy atom. The lowest BCUT2D eigenvalue weighted by Crippen LogP contribution is -2.14. The minimum Gasteiger partial charge on any atom is -0.355 e. The van der Waals surface area contributed by atoms with Gasteiger partial charge in [-0.2, -0.15) is 0 Å². The van der Waals surface area contributed by atoms with Crippen molar-refractivity contribution in [2.75, 3.05) is 5.32 Å². The lowest BCUT2D eigenvalue weighted by atomic mass is 9.82. The van der Waals surface area contributed by atoms with Crippen LogP contribution < -0.4 is 5.32 Å². The highest BCUT2D eigenvalue weighted by atomic mass is 15.0. The molecule has 8 rings (SSSR count). The standard InChI is InChI=1S/C39H30N2/c1-39(2)33-16-6-3-15-32(33)38-34(39)17-10-18-35(38)40-28-23-21-26(22-24-28)27-11-9-12-29(25-27)41-36-19-7-4-13-30(36)31-14-5-8-20-37(31)41/h3-25,40H,1-2H3. The molecule has 0 saturated carbocycles. The largest absolute Gasteiger partial charge is 0.355 e. The van der Waals surface area contributed by atoms with Gasteiger partial charge in [0.15, 0.2) is 0 Å². The number of nitrogens with zero attached hydrogens (tertiary/aromatic N) is 1. The molecule has 0 atom stereocenters. The van der Waals surface area contributed by atoms with Crippen LogP contribution in [0, 0.1) is 0 Å². The topological polar surface area (TPSA) is 17.0 Å². The molecule has 1 heterocycles. The highest BCUT2D eigenvalue weighted by Crippen LogP contribution is 2.51. The lowest BCUT2D eigenvalue weighted by molar-refractivity contribution is 0.660. The summed E-state index contributed by atoms with van der Waals surface area (Å²) in [5.74, 6) is 0. The molecular formula is C39H30N2. The highest BCUT2D eigenvalue weighted by Gasteiger charge is 2.36. The summed E-state index contributed by atoms with van der Waals surface area (Å²) in [6.07, 6.45) is 0. The van der Waals surface area contributed by atoms with Crippen LogP contribution in [0.25, 0.3) is 49.7 Å². The van der Waals surface area contributed by atoms with Gasteiger partial charge in [0.05, 0.1) is 11.0 Å². The summed E-state index contributed by atoms with van der Waals surface area (Å²) in [5.41, 5.74) is 13.7. The van der Waals surface area contributed by atoms with Gasteiger partial charge in [0, 0.05) is 38.8 Å². The first kappa shape index (κ1) is 23.8. The van der Waals surface area contributed by atoms with Crippen molar-refractivity contribution in [1.29, 1.82) is 0 Å². The second-order valence-corrected chi connectivity index (χ2v) is 11.5. The van der Waals surface area contributed by atoms with E-state index in [1.807, 2.05) is 0 Å². The average Bonchev–Trinajstić information content (AvgIpc) is 3.47. The van der Waals surface area contributed by atoms with Crippen LogP contribution in [-0.2, 0) is 5.41 Å². The van der Waals surface area contributed by atoms with Crippen LogP contribution in [0.1, 0.15) is 25.0 Å². The van der Waals surface area contributed by atoms with E-state index in [4.69, 9.17) is 0 Å². The van der Waals surface area contributed by atoms with Crippen molar-refractivity contribution in [3.05, 3.63) is 151 Å². The van der Waals surface area contributed by atoms with E-state index < -0.39 is 0 Å². The number of anilines is 2. The average molecular weight is 527 g/mol. The fraction of sp³-hybridized carbons (Fsp3) is 0.0769. The molecule has 0 fully saturated rings. The van der Waals surface area contributed by atoms with Crippen molar-refractivity contribution in [1.82, 2.24) is 4.57 Å². The zero-order valence-corrected chi connectivity index (χ0v) is 23.2. The Morgan fingerprint density at radius 3 is 1.93 bits per heavy atom. The molecule has 6 aromatic carbocycles. The third-order valence-electron chi connectivity index (χ3n) is 8.79. The number of nitrogens with one attached hydrogen (secondary N) is 1. The molecule has 1 aliphatic carbocycles. The van der Waals surface area contributed by atoms with Crippen molar-refractivity contribution in [2.24, 2.45) is 0 Å². The van der Waals surface area contributed by atoms with E-state index >= 15 is 0 Å². The van der Waals surface area contributed by atoms with Gasteiger partial charge in [-0.15, -0.1) is 0 Å². The number of para-hydroxylation sites is 2. The maximum atomic E-state index is 3.73. The van der Waals surface area contributed by atoms with E-state index in [1.165, 1.54) is 60.9 Å². The fourth-order valence-corrected chi connectivity index (χ4v) is 6.79. The Bertz CT molecular complexity index is 2040. The molecule has 0 bridgehead atoms. The predicted octanol–water partition coefficient (Wildman–Crippen LogP) is 10.5. The van der Waals surface area contributed by atoms with Gasteiger partial charge in [-0.3, -0.25) is 0 Å². The van der Waals surface area contributed by atoms with Gasteiger partial charge < -0.3 is 9.88 Å². The first-order valence-corrected chi connectivity index (χ1v) is 14.3. The number of rotatable bonds is 4. The summed E-state index contributed by atoms with van der Waals surface area (Å²) < 4.78 is 2.37. The molecule has 196 valence electrons. The van der Waals surface area contributed by atoms with Crippen molar-refractivity contribution >= 4 is 33.2 Å². The van der Waals surface area contributed by atoms with E-state index in [1.54, 1.807) is 0 Å². The van der Waals surface area contributed by atoms with Crippen LogP contribution >= 0.6 is 0 Å². The molecule has 0 amide bonds. The second-order valence-electron chi connectivity index (χ2n) is 11.5. The van der Waals surface area contributed by atoms with Crippen LogP contribution in [0.2, 0.25) is 0 Å². The van der Waals surface area contributed by atoms with Crippen LogP contribution in [0.5, 0.6) is 0 Å². The van der Waals surface area contributed by atoms with Gasteiger partial charge in [-0.05, 0) is 70.3 Å². The minimum atomic E-state index is -0.00510. The summed E-state index contributed by atoms with van der Waals surface area (Å²) in [6.45, 7) is 4.65. The van der Waals surface area contributed by atoms with E-state index in [0.717, 1.165) is 11.4 Å². The van der Waals surface area contributed by atoms with Gasteiger partial charge in [-0.1, -0.05) is 111 Å². The Labute approximate surface area is 240 Å². The third kappa shape index (κ3) is 3.64. The molecule has 1 aliphatic rings. The van der Waals surface area contributed by atoms with E-state index in [0.29, 0.717) is 0 Å². The maximum Gasteiger partial charge on any atom is 0.0541 e. The molecule has 0 spiro atoms. The zero-order chi connectivity index (χ0) is 27.6. The summed E-state index contributed by atoms with van der Waals surface area (Å²) in [6, 6.07) is 50.4. The zero-order valence-electron chi connectivity index (χ0n) is 23.2. The normalized spacial score (nSPS) is 13.3. The predicted molar refractivity (Wildman–Crippen MR) is 174 cm³/mol. The lowest BCUT2D eigenvalue weighted by Gasteiger charge is -2.21. The Hall–Kier alpha value is -5.08. The number of aromatic nitrogens is 1. The molecule has 0 unspecified atom stereocenters. The smallest absolute Gasteiger partial charge is 0.0541 e. The monoisotopic (exact) mass is 526 g/mol. The minimum absolute atomic E-state index is 0.00510. The summed E-state index contributed by atoms with van der Waals surface area (Å²) in [4.78, 5) is 0. The van der Waals surface area contributed by atoms with Crippen molar-refractivity contribution in [2.45, 2.75) is 19.3 Å². The molecule has 41 heavy (non-hydrogen) atoms. The van der Waals surface area contributed by atoms with E-state index in [2.05, 4.69) is 163 Å². The molecule has 2 heteroatoms. The third-order valence-corrected chi connectivity index (χ3v) is 8.79. The second kappa shape index (κ2) is 8.97. The van der Waals surface area contributed by atoms with Crippen molar-refractivity contribution in [3.63, 3.8) is 0 Å². The van der Waals surface area contributed by atoms with Crippen LogP contribution in [-0.4, -0.2) is 4.57 Å². The van der Waals surface area contributed by atoms with Gasteiger partial charge in [0.25, 0.3) is 0 Å². The Morgan fingerprint density at radius 2 is 1.17 bits per heavy atom. The number of benzene rings is 6. The van der Waals surface area contributed by atoms with Crippen LogP contribution in [0.15, 0.2) is 140 Å². The highest BCUT2D eigenvalue weighted by molar-refractivity contribution is 6.09. The van der Waals surface area contributed by atoms with Crippen LogP contribution in [0.4, 0.5) is 11.4 Å². The molecular weight excluding hydrogens is 496 g/mol. The van der Waals surface area contributed by atoms with Crippen molar-refractivity contribution in [3.8, 4) is 27.9 Å². The summed E-state index contributed by atoms with van der Waals surface area (Å²) >= 11 is 0. The van der Waals surface area contributed by atoms with E-state index in [9.17, 15) is 0 Å². The van der Waals surface area contributed by atoms with Gasteiger partial charge >= 0.3 is 0 Å². The molecule has 0 aliphatic heterocycles. The number of hydrogen-bond acceptors (Lipinski definition) is 1. The first-order chi connectivity index (χ1) is 20.1. The quantitative estimate of drug-likeness (QED) is 0.241. The van der Waals surface area contributed by atoms with Gasteiger partial charge in [0.1, 0.15) is 0 Å². The van der Waals surface area contributed by atoms with Crippen LogP contribution in [0.3, 0.4) is 0 Å². The van der Waals surface area contributed by atoms with Gasteiger partial charge in [0.2, 0.25) is 0 Å². The van der Waals surface area contributed by atoms with Gasteiger partial charge in [-0.25, -0.2) is 0 Å². The molecule has 7 aromatic rings. The molecule has 1 N–H and O–H groups in total. The Kier molecular flexibility index (Phi) is 5.20. The van der Waals surface area contributed by atoms with E-state index in [-0.39, 0.29) is 5.41 Å². The Balaban J connectivity index is 1.15. The van der Waals surface area contributed by atoms with Crippen molar-refractivity contribution < 1.29 is 0 Å². The fourth-order valence-electron chi connectivity index (χ4n) is 6.79. The number of fused-ring (bicyclic) bond motifs is 6. The molecule has 1 aromatic heterocycles. The first-order valence-electron chi connectivity index (χ1n) is 14.3. The maximum absolute atomic E-state index is 3.73. The molecule has 2 nitrogen and oxygen atoms in total.